The smallest absolute Gasteiger partial charge is 0.210 e. The van der Waals surface area contributed by atoms with Crippen LogP contribution in [0.25, 0.3) is 0 Å². The van der Waals surface area contributed by atoms with E-state index < -0.39 is 12.3 Å². The van der Waals surface area contributed by atoms with Gasteiger partial charge in [0.2, 0.25) is 6.43 Å². The average molecular weight is 158 g/mol. The number of hydrogen-bond acceptors (Lipinski definition) is 0. The van der Waals surface area contributed by atoms with Gasteiger partial charge in [0, 0.05) is 5.92 Å². The van der Waals surface area contributed by atoms with Gasteiger partial charge in [0.25, 0.3) is 0 Å². The maximum absolute atomic E-state index is 12.1. The molecule has 0 unspecified atom stereocenters. The molecule has 0 heterocycles. The zero-order valence-corrected chi connectivity index (χ0v) is 6.56. The van der Waals surface area contributed by atoms with Crippen molar-refractivity contribution in [3.05, 3.63) is 23.8 Å². The Bertz CT molecular complexity index is 180. The van der Waals surface area contributed by atoms with Crippen LogP contribution in [0.5, 0.6) is 0 Å². The van der Waals surface area contributed by atoms with Gasteiger partial charge < -0.3 is 0 Å². The minimum absolute atomic E-state index is 0.605. The molecule has 1 atom stereocenters. The Morgan fingerprint density at radius 1 is 1.36 bits per heavy atom. The molecule has 0 N–H and O–H groups in total. The van der Waals surface area contributed by atoms with E-state index in [1.54, 1.807) is 13.0 Å². The Labute approximate surface area is 65.6 Å². The van der Waals surface area contributed by atoms with E-state index in [0.717, 1.165) is 18.4 Å². The van der Waals surface area contributed by atoms with Crippen LogP contribution in [0.4, 0.5) is 8.78 Å². The molecule has 0 bridgehead atoms. The highest BCUT2D eigenvalue weighted by molar-refractivity contribution is 5.24. The third kappa shape index (κ3) is 2.14. The minimum Gasteiger partial charge on any atom is -0.210 e. The SMILES string of the molecule is C[C@H](C1=CCCC=C1)C(F)F. The first-order valence-electron chi connectivity index (χ1n) is 3.86. The fourth-order valence-electron chi connectivity index (χ4n) is 1.12. The molecule has 2 heteroatoms. The molecule has 0 aliphatic heterocycles. The second-order valence-corrected chi connectivity index (χ2v) is 2.81. The van der Waals surface area contributed by atoms with Crippen LogP contribution in [-0.2, 0) is 0 Å². The van der Waals surface area contributed by atoms with Gasteiger partial charge in [-0.2, -0.15) is 0 Å². The maximum Gasteiger partial charge on any atom is 0.245 e. The molecule has 0 radical (unpaired) electrons. The third-order valence-electron chi connectivity index (χ3n) is 1.93. The summed E-state index contributed by atoms with van der Waals surface area (Å²) in [6, 6.07) is 0. The number of hydrogen-bond donors (Lipinski definition) is 0. The van der Waals surface area contributed by atoms with E-state index in [1.165, 1.54) is 0 Å². The van der Waals surface area contributed by atoms with E-state index in [-0.39, 0.29) is 0 Å². The molecule has 62 valence electrons. The molecular weight excluding hydrogens is 146 g/mol. The van der Waals surface area contributed by atoms with Gasteiger partial charge in [0.15, 0.2) is 0 Å². The number of halogens is 2. The summed E-state index contributed by atoms with van der Waals surface area (Å²) in [6.07, 6.45) is 5.32. The summed E-state index contributed by atoms with van der Waals surface area (Å²) in [5, 5.41) is 0. The highest BCUT2D eigenvalue weighted by Gasteiger charge is 2.17. The van der Waals surface area contributed by atoms with Crippen molar-refractivity contribution >= 4 is 0 Å². The molecule has 0 aromatic heterocycles. The normalized spacial score (nSPS) is 20.2. The van der Waals surface area contributed by atoms with Crippen LogP contribution in [0.1, 0.15) is 19.8 Å². The van der Waals surface area contributed by atoms with Gasteiger partial charge in [-0.05, 0) is 18.4 Å². The van der Waals surface area contributed by atoms with Crippen molar-refractivity contribution in [2.45, 2.75) is 26.2 Å². The minimum atomic E-state index is -2.23. The van der Waals surface area contributed by atoms with Gasteiger partial charge in [0.05, 0.1) is 0 Å². The second-order valence-electron chi connectivity index (χ2n) is 2.81. The van der Waals surface area contributed by atoms with Gasteiger partial charge in [0.1, 0.15) is 0 Å². The van der Waals surface area contributed by atoms with E-state index in [1.807, 2.05) is 12.2 Å². The van der Waals surface area contributed by atoms with Gasteiger partial charge >= 0.3 is 0 Å². The molecule has 1 aliphatic carbocycles. The van der Waals surface area contributed by atoms with E-state index in [9.17, 15) is 8.78 Å². The summed E-state index contributed by atoms with van der Waals surface area (Å²) in [4.78, 5) is 0. The fourth-order valence-corrected chi connectivity index (χ4v) is 1.12. The lowest BCUT2D eigenvalue weighted by Gasteiger charge is -2.13. The lowest BCUT2D eigenvalue weighted by atomic mass is 9.96. The Morgan fingerprint density at radius 3 is 2.55 bits per heavy atom. The first kappa shape index (κ1) is 8.44. The Morgan fingerprint density at radius 2 is 2.09 bits per heavy atom. The number of allylic oxidation sites excluding steroid dienone is 4. The fraction of sp³-hybridized carbons (Fsp3) is 0.556. The Balaban J connectivity index is 2.59. The van der Waals surface area contributed by atoms with E-state index >= 15 is 0 Å². The van der Waals surface area contributed by atoms with Crippen molar-refractivity contribution in [3.63, 3.8) is 0 Å². The molecule has 0 spiro atoms. The zero-order valence-electron chi connectivity index (χ0n) is 6.56. The van der Waals surface area contributed by atoms with E-state index in [0.29, 0.717) is 0 Å². The Hall–Kier alpha value is -0.660. The van der Waals surface area contributed by atoms with Crippen molar-refractivity contribution < 1.29 is 8.78 Å². The van der Waals surface area contributed by atoms with Crippen LogP contribution in [0.15, 0.2) is 23.8 Å². The first-order chi connectivity index (χ1) is 5.22. The van der Waals surface area contributed by atoms with Gasteiger partial charge in [-0.3, -0.25) is 0 Å². The molecule has 1 rings (SSSR count). The predicted molar refractivity (Wildman–Crippen MR) is 41.6 cm³/mol. The molecule has 0 saturated carbocycles. The standard InChI is InChI=1S/C9H12F2/c1-7(9(10)11)8-5-3-2-4-6-8/h3,5-7,9H,2,4H2,1H3/t7-/m1/s1. The summed E-state index contributed by atoms with van der Waals surface area (Å²) in [6.45, 7) is 1.56. The third-order valence-corrected chi connectivity index (χ3v) is 1.93. The molecule has 1 aliphatic rings. The predicted octanol–water partition coefficient (Wildman–Crippen LogP) is 3.16. The van der Waals surface area contributed by atoms with Crippen LogP contribution in [0.3, 0.4) is 0 Å². The quantitative estimate of drug-likeness (QED) is 0.579. The average Bonchev–Trinajstić information content (AvgIpc) is 2.05. The van der Waals surface area contributed by atoms with E-state index in [4.69, 9.17) is 0 Å². The monoisotopic (exact) mass is 158 g/mol. The lowest BCUT2D eigenvalue weighted by Crippen LogP contribution is -2.09. The molecule has 0 aromatic rings. The van der Waals surface area contributed by atoms with Gasteiger partial charge in [-0.15, -0.1) is 0 Å². The molecule has 0 saturated heterocycles. The molecule has 0 aromatic carbocycles. The molecule has 0 nitrogen and oxygen atoms in total. The van der Waals surface area contributed by atoms with Gasteiger partial charge in [-0.25, -0.2) is 8.78 Å². The van der Waals surface area contributed by atoms with Crippen molar-refractivity contribution in [2.75, 3.05) is 0 Å². The summed E-state index contributed by atoms with van der Waals surface area (Å²) < 4.78 is 24.3. The maximum atomic E-state index is 12.1. The number of alkyl halides is 2. The topological polar surface area (TPSA) is 0 Å². The highest BCUT2D eigenvalue weighted by atomic mass is 19.3. The summed E-state index contributed by atoms with van der Waals surface area (Å²) in [5.41, 5.74) is 0.784. The van der Waals surface area contributed by atoms with Crippen molar-refractivity contribution in [1.82, 2.24) is 0 Å². The molecule has 0 fully saturated rings. The highest BCUT2D eigenvalue weighted by Crippen LogP contribution is 2.23. The van der Waals surface area contributed by atoms with Gasteiger partial charge in [-0.1, -0.05) is 25.2 Å². The van der Waals surface area contributed by atoms with Crippen LogP contribution in [-0.4, -0.2) is 6.43 Å². The van der Waals surface area contributed by atoms with Crippen LogP contribution < -0.4 is 0 Å². The van der Waals surface area contributed by atoms with Crippen LogP contribution in [0, 0.1) is 5.92 Å². The first-order valence-corrected chi connectivity index (χ1v) is 3.86. The second kappa shape index (κ2) is 3.65. The molecule has 11 heavy (non-hydrogen) atoms. The summed E-state index contributed by atoms with van der Waals surface area (Å²) in [7, 11) is 0. The van der Waals surface area contributed by atoms with Crippen molar-refractivity contribution in [3.8, 4) is 0 Å². The molecular formula is C9H12F2. The Kier molecular flexibility index (Phi) is 2.80. The summed E-state index contributed by atoms with van der Waals surface area (Å²) >= 11 is 0. The van der Waals surface area contributed by atoms with Crippen molar-refractivity contribution in [2.24, 2.45) is 5.92 Å². The lowest BCUT2D eigenvalue weighted by molar-refractivity contribution is 0.105. The van der Waals surface area contributed by atoms with E-state index in [2.05, 4.69) is 0 Å². The largest absolute Gasteiger partial charge is 0.245 e. The number of rotatable bonds is 2. The molecule has 0 amide bonds. The van der Waals surface area contributed by atoms with Crippen LogP contribution in [0.2, 0.25) is 0 Å². The van der Waals surface area contributed by atoms with Crippen molar-refractivity contribution in [1.29, 1.82) is 0 Å². The zero-order chi connectivity index (χ0) is 8.27. The summed E-state index contributed by atoms with van der Waals surface area (Å²) in [5.74, 6) is -0.605. The van der Waals surface area contributed by atoms with Crippen LogP contribution >= 0.6 is 0 Å².